The second-order valence-electron chi connectivity index (χ2n) is 5.95. The van der Waals surface area contributed by atoms with Crippen molar-refractivity contribution in [1.82, 2.24) is 15.5 Å². The van der Waals surface area contributed by atoms with Gasteiger partial charge in [-0.25, -0.2) is 0 Å². The van der Waals surface area contributed by atoms with Crippen molar-refractivity contribution in [2.24, 2.45) is 0 Å². The average molecular weight is 260 g/mol. The highest BCUT2D eigenvalue weighted by atomic mass is 15.2. The molecule has 1 saturated heterocycles. The Kier molecular flexibility index (Phi) is 3.97. The molecule has 2 fully saturated rings. The van der Waals surface area contributed by atoms with Crippen LogP contribution in [-0.2, 0) is 0 Å². The van der Waals surface area contributed by atoms with E-state index >= 15 is 0 Å². The van der Waals surface area contributed by atoms with E-state index in [1.165, 1.54) is 50.8 Å². The first kappa shape index (κ1) is 12.9. The van der Waals surface area contributed by atoms with E-state index in [0.29, 0.717) is 12.0 Å². The minimum Gasteiger partial charge on any atom is -0.358 e. The molecule has 0 aromatic carbocycles. The molecule has 0 bridgehead atoms. The van der Waals surface area contributed by atoms with Gasteiger partial charge in [-0.15, -0.1) is 5.10 Å². The standard InChI is InChI=1S/C15H24N4/c1-19(11-9-13-6-3-10-16-13)15-8-7-14(17-18-15)12-4-2-5-12/h7-8,12-13,16H,2-6,9-11H2,1H3. The molecular formula is C15H24N4. The fraction of sp³-hybridized carbons (Fsp3) is 0.733. The Hall–Kier alpha value is -1.16. The van der Waals surface area contributed by atoms with Crippen molar-refractivity contribution in [3.8, 4) is 0 Å². The number of aromatic nitrogens is 2. The van der Waals surface area contributed by atoms with Crippen molar-refractivity contribution in [3.63, 3.8) is 0 Å². The van der Waals surface area contributed by atoms with Crippen LogP contribution in [0.5, 0.6) is 0 Å². The van der Waals surface area contributed by atoms with Crippen LogP contribution < -0.4 is 10.2 Å². The fourth-order valence-electron chi connectivity index (χ4n) is 2.93. The summed E-state index contributed by atoms with van der Waals surface area (Å²) < 4.78 is 0. The van der Waals surface area contributed by atoms with Gasteiger partial charge in [-0.3, -0.25) is 0 Å². The molecular weight excluding hydrogens is 236 g/mol. The summed E-state index contributed by atoms with van der Waals surface area (Å²) in [7, 11) is 2.11. The molecule has 1 N–H and O–H groups in total. The SMILES string of the molecule is CN(CCC1CCCN1)c1ccc(C2CCC2)nn1. The Labute approximate surface area is 115 Å². The van der Waals surface area contributed by atoms with Gasteiger partial charge in [0.25, 0.3) is 0 Å². The van der Waals surface area contributed by atoms with Crippen LogP contribution in [-0.4, -0.2) is 36.4 Å². The second kappa shape index (κ2) is 5.87. The zero-order valence-electron chi connectivity index (χ0n) is 11.8. The highest BCUT2D eigenvalue weighted by Gasteiger charge is 2.21. The molecule has 1 aliphatic heterocycles. The summed E-state index contributed by atoms with van der Waals surface area (Å²) in [5.74, 6) is 1.68. The fourth-order valence-corrected chi connectivity index (χ4v) is 2.93. The van der Waals surface area contributed by atoms with E-state index in [1.807, 2.05) is 0 Å². The van der Waals surface area contributed by atoms with Gasteiger partial charge in [-0.05, 0) is 50.8 Å². The number of anilines is 1. The number of hydrogen-bond donors (Lipinski definition) is 1. The molecule has 4 heteroatoms. The average Bonchev–Trinajstić information content (AvgIpc) is 2.88. The smallest absolute Gasteiger partial charge is 0.150 e. The molecule has 0 spiro atoms. The Morgan fingerprint density at radius 1 is 1.21 bits per heavy atom. The van der Waals surface area contributed by atoms with Crippen LogP contribution in [0.15, 0.2) is 12.1 Å². The predicted molar refractivity (Wildman–Crippen MR) is 77.5 cm³/mol. The molecule has 1 aliphatic carbocycles. The summed E-state index contributed by atoms with van der Waals surface area (Å²) in [5, 5.41) is 12.3. The van der Waals surface area contributed by atoms with Gasteiger partial charge in [0.15, 0.2) is 5.82 Å². The number of rotatable bonds is 5. The van der Waals surface area contributed by atoms with Gasteiger partial charge in [0.2, 0.25) is 0 Å². The van der Waals surface area contributed by atoms with E-state index in [4.69, 9.17) is 0 Å². The van der Waals surface area contributed by atoms with Gasteiger partial charge in [0.1, 0.15) is 0 Å². The minimum atomic E-state index is 0.676. The monoisotopic (exact) mass is 260 g/mol. The molecule has 1 aromatic heterocycles. The zero-order valence-corrected chi connectivity index (χ0v) is 11.8. The van der Waals surface area contributed by atoms with Crippen molar-refractivity contribution in [2.75, 3.05) is 25.0 Å². The number of nitrogens with zero attached hydrogens (tertiary/aromatic N) is 3. The summed E-state index contributed by atoms with van der Waals surface area (Å²) in [5.41, 5.74) is 1.18. The van der Waals surface area contributed by atoms with E-state index in [1.54, 1.807) is 0 Å². The molecule has 4 nitrogen and oxygen atoms in total. The summed E-state index contributed by atoms with van der Waals surface area (Å²) in [6.45, 7) is 2.24. The van der Waals surface area contributed by atoms with Crippen LogP contribution in [0.1, 0.15) is 50.1 Å². The topological polar surface area (TPSA) is 41.0 Å². The predicted octanol–water partition coefficient (Wildman–Crippen LogP) is 2.32. The lowest BCUT2D eigenvalue weighted by molar-refractivity contribution is 0.408. The summed E-state index contributed by atoms with van der Waals surface area (Å²) in [6.07, 6.45) is 7.77. The lowest BCUT2D eigenvalue weighted by atomic mass is 9.83. The summed E-state index contributed by atoms with van der Waals surface area (Å²) >= 11 is 0. The third-order valence-electron chi connectivity index (χ3n) is 4.56. The maximum atomic E-state index is 4.39. The quantitative estimate of drug-likeness (QED) is 0.882. The highest BCUT2D eigenvalue weighted by Crippen LogP contribution is 2.35. The maximum Gasteiger partial charge on any atom is 0.150 e. The van der Waals surface area contributed by atoms with E-state index < -0.39 is 0 Å². The Morgan fingerprint density at radius 3 is 2.68 bits per heavy atom. The molecule has 1 unspecified atom stereocenters. The third kappa shape index (κ3) is 3.06. The Balaban J connectivity index is 1.52. The molecule has 1 saturated carbocycles. The third-order valence-corrected chi connectivity index (χ3v) is 4.56. The first-order valence-corrected chi connectivity index (χ1v) is 7.61. The van der Waals surface area contributed by atoms with Crippen molar-refractivity contribution in [2.45, 2.75) is 50.5 Å². The first-order chi connectivity index (χ1) is 9.33. The largest absolute Gasteiger partial charge is 0.358 e. The van der Waals surface area contributed by atoms with Gasteiger partial charge in [0, 0.05) is 25.6 Å². The van der Waals surface area contributed by atoms with Crippen molar-refractivity contribution in [3.05, 3.63) is 17.8 Å². The lowest BCUT2D eigenvalue weighted by Crippen LogP contribution is -2.29. The number of nitrogens with one attached hydrogen (secondary N) is 1. The van der Waals surface area contributed by atoms with Gasteiger partial charge in [0.05, 0.1) is 5.69 Å². The normalized spacial score (nSPS) is 23.3. The second-order valence-corrected chi connectivity index (χ2v) is 5.95. The van der Waals surface area contributed by atoms with Crippen LogP contribution in [0.4, 0.5) is 5.82 Å². The first-order valence-electron chi connectivity index (χ1n) is 7.61. The molecule has 3 rings (SSSR count). The minimum absolute atomic E-state index is 0.676. The molecule has 104 valence electrons. The molecule has 19 heavy (non-hydrogen) atoms. The summed E-state index contributed by atoms with van der Waals surface area (Å²) in [4.78, 5) is 2.22. The van der Waals surface area contributed by atoms with Crippen LogP contribution in [0.25, 0.3) is 0 Å². The van der Waals surface area contributed by atoms with E-state index in [0.717, 1.165) is 12.4 Å². The van der Waals surface area contributed by atoms with E-state index in [2.05, 4.69) is 39.6 Å². The molecule has 1 atom stereocenters. The molecule has 2 aliphatic rings. The molecule has 2 heterocycles. The van der Waals surface area contributed by atoms with Crippen LogP contribution in [0, 0.1) is 0 Å². The molecule has 0 amide bonds. The van der Waals surface area contributed by atoms with Gasteiger partial charge in [-0.2, -0.15) is 5.10 Å². The van der Waals surface area contributed by atoms with Gasteiger partial charge < -0.3 is 10.2 Å². The van der Waals surface area contributed by atoms with E-state index in [9.17, 15) is 0 Å². The van der Waals surface area contributed by atoms with Crippen LogP contribution in [0.3, 0.4) is 0 Å². The Bertz CT molecular complexity index is 393. The van der Waals surface area contributed by atoms with Crippen molar-refractivity contribution in [1.29, 1.82) is 0 Å². The van der Waals surface area contributed by atoms with Crippen molar-refractivity contribution >= 4 is 5.82 Å². The molecule has 0 radical (unpaired) electrons. The maximum absolute atomic E-state index is 4.39. The molecule has 1 aromatic rings. The zero-order chi connectivity index (χ0) is 13.1. The van der Waals surface area contributed by atoms with E-state index in [-0.39, 0.29) is 0 Å². The lowest BCUT2D eigenvalue weighted by Gasteiger charge is -2.25. The van der Waals surface area contributed by atoms with Gasteiger partial charge in [-0.1, -0.05) is 6.42 Å². The van der Waals surface area contributed by atoms with Crippen molar-refractivity contribution < 1.29 is 0 Å². The highest BCUT2D eigenvalue weighted by molar-refractivity contribution is 5.36. The number of hydrogen-bond acceptors (Lipinski definition) is 4. The van der Waals surface area contributed by atoms with Crippen LogP contribution in [0.2, 0.25) is 0 Å². The Morgan fingerprint density at radius 2 is 2.11 bits per heavy atom. The van der Waals surface area contributed by atoms with Crippen LogP contribution >= 0.6 is 0 Å². The summed E-state index contributed by atoms with van der Waals surface area (Å²) in [6, 6.07) is 4.99. The van der Waals surface area contributed by atoms with Gasteiger partial charge >= 0.3 is 0 Å².